The summed E-state index contributed by atoms with van der Waals surface area (Å²) in [4.78, 5) is 17.0. The molecule has 1 aliphatic heterocycles. The van der Waals surface area contributed by atoms with Gasteiger partial charge in [-0.15, -0.1) is 0 Å². The van der Waals surface area contributed by atoms with Gasteiger partial charge in [0.25, 0.3) is 0 Å². The zero-order valence-corrected chi connectivity index (χ0v) is 18.0. The molecule has 1 amide bonds. The molecule has 0 bridgehead atoms. The molecule has 1 aromatic heterocycles. The van der Waals surface area contributed by atoms with Crippen LogP contribution in [-0.2, 0) is 21.5 Å². The highest BCUT2D eigenvalue weighted by atomic mass is 79.9. The number of nitrogens with one attached hydrogen (secondary N) is 1. The monoisotopic (exact) mass is 472 g/mol. The number of aryl methyl sites for hydroxylation is 1. The lowest BCUT2D eigenvalue weighted by Gasteiger charge is -2.38. The highest BCUT2D eigenvalue weighted by Crippen LogP contribution is 2.33. The third-order valence-corrected chi connectivity index (χ3v) is 5.85. The molecule has 156 valence electrons. The summed E-state index contributed by atoms with van der Waals surface area (Å²) in [5, 5.41) is 3.22. The number of hydrogen-bond acceptors (Lipinski definition) is 4. The fourth-order valence-corrected chi connectivity index (χ4v) is 4.15. The highest BCUT2D eigenvalue weighted by Gasteiger charge is 2.36. The van der Waals surface area contributed by atoms with E-state index >= 15 is 0 Å². The summed E-state index contributed by atoms with van der Waals surface area (Å²) in [6.07, 6.45) is 3.49. The van der Waals surface area contributed by atoms with E-state index in [1.165, 1.54) is 12.3 Å². The number of oxazole rings is 1. The van der Waals surface area contributed by atoms with Gasteiger partial charge in [-0.25, -0.2) is 9.37 Å². The van der Waals surface area contributed by atoms with E-state index in [0.29, 0.717) is 49.7 Å². The number of carbonyl (C=O) groups excluding carboxylic acids is 1. The summed E-state index contributed by atoms with van der Waals surface area (Å²) in [7, 11) is 0. The second kappa shape index (κ2) is 9.10. The third kappa shape index (κ3) is 4.63. The molecule has 0 unspecified atom stereocenters. The molecule has 5 nitrogen and oxygen atoms in total. The van der Waals surface area contributed by atoms with Crippen molar-refractivity contribution in [1.29, 1.82) is 0 Å². The molecule has 0 radical (unpaired) electrons. The Hall–Kier alpha value is -2.51. The van der Waals surface area contributed by atoms with Gasteiger partial charge in [0.15, 0.2) is 11.7 Å². The zero-order valence-electron chi connectivity index (χ0n) is 16.4. The molecule has 0 aliphatic carbocycles. The molecular weight excluding hydrogens is 451 g/mol. The molecular formula is C23H22BrFN2O3. The molecule has 30 heavy (non-hydrogen) atoms. The maximum absolute atomic E-state index is 13.9. The van der Waals surface area contributed by atoms with E-state index in [0.717, 1.165) is 10.0 Å². The van der Waals surface area contributed by atoms with E-state index in [9.17, 15) is 9.18 Å². The van der Waals surface area contributed by atoms with Crippen LogP contribution in [-0.4, -0.2) is 24.1 Å². The number of rotatable bonds is 6. The van der Waals surface area contributed by atoms with Gasteiger partial charge in [-0.1, -0.05) is 40.2 Å². The molecule has 1 fully saturated rings. The molecule has 0 atom stereocenters. The molecule has 2 heterocycles. The number of aromatic nitrogens is 1. The van der Waals surface area contributed by atoms with E-state index in [4.69, 9.17) is 9.15 Å². The Balaban J connectivity index is 1.43. The van der Waals surface area contributed by atoms with Crippen LogP contribution in [0.3, 0.4) is 0 Å². The van der Waals surface area contributed by atoms with Gasteiger partial charge >= 0.3 is 0 Å². The molecule has 2 aromatic carbocycles. The molecule has 0 spiro atoms. The highest BCUT2D eigenvalue weighted by molar-refractivity contribution is 9.10. The molecule has 7 heteroatoms. The predicted molar refractivity (Wildman–Crippen MR) is 114 cm³/mol. The topological polar surface area (TPSA) is 64.4 Å². The summed E-state index contributed by atoms with van der Waals surface area (Å²) in [6.45, 7) is 1.19. The van der Waals surface area contributed by atoms with Crippen LogP contribution in [0.5, 0.6) is 0 Å². The van der Waals surface area contributed by atoms with Crippen molar-refractivity contribution in [2.75, 3.05) is 13.2 Å². The largest absolute Gasteiger partial charge is 0.441 e. The van der Waals surface area contributed by atoms with Crippen LogP contribution in [0.15, 0.2) is 63.6 Å². The minimum atomic E-state index is -0.450. The van der Waals surface area contributed by atoms with Crippen LogP contribution in [0.2, 0.25) is 0 Å². The standard InChI is InChI=1S/C23H22BrFN2O3/c24-17-5-3-4-16(14-17)23(10-12-29-13-11-23)27-21(28)8-9-22-26-15-20(30-22)18-6-1-2-7-19(18)25/h1-7,14-15H,8-13H2,(H,27,28). The number of carbonyl (C=O) groups is 1. The first-order valence-electron chi connectivity index (χ1n) is 9.90. The second-order valence-corrected chi connectivity index (χ2v) is 8.27. The van der Waals surface area contributed by atoms with Crippen molar-refractivity contribution in [2.45, 2.75) is 31.2 Å². The van der Waals surface area contributed by atoms with E-state index < -0.39 is 5.54 Å². The Bertz CT molecular complexity index is 1030. The average Bonchev–Trinajstić information content (AvgIpc) is 3.22. The summed E-state index contributed by atoms with van der Waals surface area (Å²) in [5.41, 5.74) is 0.969. The van der Waals surface area contributed by atoms with Crippen LogP contribution in [0.4, 0.5) is 4.39 Å². The van der Waals surface area contributed by atoms with Crippen LogP contribution in [0.1, 0.15) is 30.7 Å². The number of hydrogen-bond donors (Lipinski definition) is 1. The first-order chi connectivity index (χ1) is 14.6. The van der Waals surface area contributed by atoms with Gasteiger partial charge in [-0.3, -0.25) is 4.79 Å². The zero-order chi connectivity index (χ0) is 21.0. The first kappa shape index (κ1) is 20.8. The summed E-state index contributed by atoms with van der Waals surface area (Å²) in [6, 6.07) is 14.4. The Morgan fingerprint density at radius 2 is 1.97 bits per heavy atom. The van der Waals surface area contributed by atoms with Crippen molar-refractivity contribution in [3.8, 4) is 11.3 Å². The predicted octanol–water partition coefficient (Wildman–Crippen LogP) is 5.00. The van der Waals surface area contributed by atoms with E-state index in [2.05, 4.69) is 26.2 Å². The average molecular weight is 473 g/mol. The fraction of sp³-hybridized carbons (Fsp3) is 0.304. The Kier molecular flexibility index (Phi) is 6.29. The van der Waals surface area contributed by atoms with Crippen molar-refractivity contribution in [3.05, 3.63) is 76.5 Å². The van der Waals surface area contributed by atoms with E-state index in [1.807, 2.05) is 24.3 Å². The molecule has 1 N–H and O–H groups in total. The summed E-state index contributed by atoms with van der Waals surface area (Å²) >= 11 is 3.52. The number of nitrogens with zero attached hydrogens (tertiary/aromatic N) is 1. The normalized spacial score (nSPS) is 15.7. The smallest absolute Gasteiger partial charge is 0.221 e. The third-order valence-electron chi connectivity index (χ3n) is 5.36. The lowest BCUT2D eigenvalue weighted by Crippen LogP contribution is -2.49. The van der Waals surface area contributed by atoms with Gasteiger partial charge in [0.1, 0.15) is 5.82 Å². The van der Waals surface area contributed by atoms with Gasteiger partial charge in [0, 0.05) is 30.5 Å². The Morgan fingerprint density at radius 1 is 1.17 bits per heavy atom. The van der Waals surface area contributed by atoms with Gasteiger partial charge in [0.2, 0.25) is 5.91 Å². The first-order valence-corrected chi connectivity index (χ1v) is 10.7. The van der Waals surface area contributed by atoms with Gasteiger partial charge in [-0.05, 0) is 42.7 Å². The van der Waals surface area contributed by atoms with Crippen LogP contribution < -0.4 is 5.32 Å². The maximum atomic E-state index is 13.9. The van der Waals surface area contributed by atoms with Crippen LogP contribution >= 0.6 is 15.9 Å². The van der Waals surface area contributed by atoms with E-state index in [-0.39, 0.29) is 18.1 Å². The quantitative estimate of drug-likeness (QED) is 0.548. The van der Waals surface area contributed by atoms with Gasteiger partial charge < -0.3 is 14.5 Å². The van der Waals surface area contributed by atoms with Crippen molar-refractivity contribution in [2.24, 2.45) is 0 Å². The van der Waals surface area contributed by atoms with Crippen LogP contribution in [0.25, 0.3) is 11.3 Å². The molecule has 1 aliphatic rings. The molecule has 4 rings (SSSR count). The number of halogens is 2. The van der Waals surface area contributed by atoms with Crippen LogP contribution in [0, 0.1) is 5.82 Å². The maximum Gasteiger partial charge on any atom is 0.221 e. The van der Waals surface area contributed by atoms with Gasteiger partial charge in [-0.2, -0.15) is 0 Å². The van der Waals surface area contributed by atoms with Crippen molar-refractivity contribution in [3.63, 3.8) is 0 Å². The van der Waals surface area contributed by atoms with E-state index in [1.54, 1.807) is 18.2 Å². The molecule has 0 saturated carbocycles. The minimum Gasteiger partial charge on any atom is -0.441 e. The summed E-state index contributed by atoms with van der Waals surface area (Å²) < 4.78 is 26.1. The van der Waals surface area contributed by atoms with Gasteiger partial charge in [0.05, 0.1) is 17.3 Å². The SMILES string of the molecule is O=C(CCc1ncc(-c2ccccc2F)o1)NC1(c2cccc(Br)c2)CCOCC1. The number of ether oxygens (including phenoxy) is 1. The van der Waals surface area contributed by atoms with Crippen molar-refractivity contribution < 1.29 is 18.3 Å². The minimum absolute atomic E-state index is 0.0810. The lowest BCUT2D eigenvalue weighted by atomic mass is 9.82. The Labute approximate surface area is 182 Å². The second-order valence-electron chi connectivity index (χ2n) is 7.35. The number of benzene rings is 2. The van der Waals surface area contributed by atoms with Crippen molar-refractivity contribution >= 4 is 21.8 Å². The molecule has 1 saturated heterocycles. The Morgan fingerprint density at radius 3 is 2.73 bits per heavy atom. The van der Waals surface area contributed by atoms with Crippen molar-refractivity contribution in [1.82, 2.24) is 10.3 Å². The summed E-state index contributed by atoms with van der Waals surface area (Å²) in [5.74, 6) is 0.321. The lowest BCUT2D eigenvalue weighted by molar-refractivity contribution is -0.124. The fourth-order valence-electron chi connectivity index (χ4n) is 3.75. The number of amides is 1. The molecule has 3 aromatic rings.